The Hall–Kier alpha value is -1.26. The second kappa shape index (κ2) is 6.61. The molecular formula is C14H23NO3. The van der Waals surface area contributed by atoms with Crippen LogP contribution in [0.3, 0.4) is 0 Å². The first kappa shape index (κ1) is 14.8. The molecule has 1 aromatic carbocycles. The van der Waals surface area contributed by atoms with E-state index in [9.17, 15) is 5.11 Å². The van der Waals surface area contributed by atoms with Crippen LogP contribution >= 0.6 is 0 Å². The number of ether oxygens (including phenoxy) is 2. The minimum absolute atomic E-state index is 0.459. The molecule has 0 aromatic heterocycles. The van der Waals surface area contributed by atoms with E-state index in [-0.39, 0.29) is 0 Å². The maximum Gasteiger partial charge on any atom is 0.165 e. The third-order valence-corrected chi connectivity index (χ3v) is 2.61. The van der Waals surface area contributed by atoms with Gasteiger partial charge in [-0.2, -0.15) is 0 Å². The SMILES string of the molecule is CNCc1cccc(OC)c1OCCC(C)(C)O. The molecule has 0 saturated heterocycles. The van der Waals surface area contributed by atoms with Gasteiger partial charge in [0.1, 0.15) is 0 Å². The van der Waals surface area contributed by atoms with Gasteiger partial charge in [-0.05, 0) is 27.0 Å². The summed E-state index contributed by atoms with van der Waals surface area (Å²) >= 11 is 0. The standard InChI is InChI=1S/C14H23NO3/c1-14(2,16)8-9-18-13-11(10-15-3)6-5-7-12(13)17-4/h5-7,15-16H,8-10H2,1-4H3. The highest BCUT2D eigenvalue weighted by Gasteiger charge is 2.15. The zero-order chi connectivity index (χ0) is 13.6. The Morgan fingerprint density at radius 3 is 2.61 bits per heavy atom. The number of nitrogens with one attached hydrogen (secondary N) is 1. The third-order valence-electron chi connectivity index (χ3n) is 2.61. The number of methoxy groups -OCH3 is 1. The zero-order valence-electron chi connectivity index (χ0n) is 11.6. The highest BCUT2D eigenvalue weighted by atomic mass is 16.5. The maximum absolute atomic E-state index is 9.67. The van der Waals surface area contributed by atoms with Crippen LogP contribution in [0.1, 0.15) is 25.8 Å². The molecule has 0 aliphatic heterocycles. The van der Waals surface area contributed by atoms with Crippen molar-refractivity contribution in [3.63, 3.8) is 0 Å². The molecule has 18 heavy (non-hydrogen) atoms. The molecule has 4 nitrogen and oxygen atoms in total. The molecule has 0 aliphatic rings. The van der Waals surface area contributed by atoms with Crippen LogP contribution in [0.2, 0.25) is 0 Å². The average Bonchev–Trinajstić information content (AvgIpc) is 2.29. The first-order chi connectivity index (χ1) is 8.48. The Labute approximate surface area is 109 Å². The molecule has 0 radical (unpaired) electrons. The summed E-state index contributed by atoms with van der Waals surface area (Å²) in [5.41, 5.74) is 0.332. The molecule has 0 atom stereocenters. The van der Waals surface area contributed by atoms with E-state index in [4.69, 9.17) is 9.47 Å². The van der Waals surface area contributed by atoms with Gasteiger partial charge in [0.2, 0.25) is 0 Å². The Kier molecular flexibility index (Phi) is 5.44. The van der Waals surface area contributed by atoms with Gasteiger partial charge in [0.05, 0.1) is 19.3 Å². The molecule has 2 N–H and O–H groups in total. The Bertz CT molecular complexity index is 372. The number of benzene rings is 1. The van der Waals surface area contributed by atoms with Gasteiger partial charge >= 0.3 is 0 Å². The molecule has 1 rings (SSSR count). The largest absolute Gasteiger partial charge is 0.493 e. The van der Waals surface area contributed by atoms with Crippen LogP contribution < -0.4 is 14.8 Å². The molecule has 0 spiro atoms. The lowest BCUT2D eigenvalue weighted by Gasteiger charge is -2.19. The fraction of sp³-hybridized carbons (Fsp3) is 0.571. The van der Waals surface area contributed by atoms with E-state index < -0.39 is 5.60 Å². The fourth-order valence-electron chi connectivity index (χ4n) is 1.62. The number of hydrogen-bond acceptors (Lipinski definition) is 4. The second-order valence-corrected chi connectivity index (χ2v) is 4.89. The number of aliphatic hydroxyl groups is 1. The summed E-state index contributed by atoms with van der Waals surface area (Å²) in [5, 5.41) is 12.8. The van der Waals surface area contributed by atoms with Crippen LogP contribution in [-0.4, -0.2) is 31.5 Å². The minimum Gasteiger partial charge on any atom is -0.493 e. The van der Waals surface area contributed by atoms with Crippen molar-refractivity contribution >= 4 is 0 Å². The van der Waals surface area contributed by atoms with Crippen LogP contribution in [0.25, 0.3) is 0 Å². The highest BCUT2D eigenvalue weighted by Crippen LogP contribution is 2.31. The summed E-state index contributed by atoms with van der Waals surface area (Å²) in [6.45, 7) is 4.72. The van der Waals surface area contributed by atoms with Crippen LogP contribution in [-0.2, 0) is 6.54 Å². The van der Waals surface area contributed by atoms with Gasteiger partial charge in [0.15, 0.2) is 11.5 Å². The molecule has 102 valence electrons. The van der Waals surface area contributed by atoms with E-state index in [2.05, 4.69) is 5.32 Å². The molecule has 0 fully saturated rings. The van der Waals surface area contributed by atoms with E-state index in [1.165, 1.54) is 0 Å². The zero-order valence-corrected chi connectivity index (χ0v) is 11.6. The molecule has 0 unspecified atom stereocenters. The van der Waals surface area contributed by atoms with Crippen molar-refractivity contribution in [1.82, 2.24) is 5.32 Å². The highest BCUT2D eigenvalue weighted by molar-refractivity contribution is 5.46. The van der Waals surface area contributed by atoms with Gasteiger partial charge in [-0.3, -0.25) is 0 Å². The molecular weight excluding hydrogens is 230 g/mol. The Morgan fingerprint density at radius 1 is 1.33 bits per heavy atom. The van der Waals surface area contributed by atoms with Crippen molar-refractivity contribution in [2.45, 2.75) is 32.4 Å². The smallest absolute Gasteiger partial charge is 0.165 e. The first-order valence-corrected chi connectivity index (χ1v) is 6.13. The van der Waals surface area contributed by atoms with E-state index in [0.717, 1.165) is 23.6 Å². The van der Waals surface area contributed by atoms with Crippen LogP contribution in [0, 0.1) is 0 Å². The van der Waals surface area contributed by atoms with Crippen molar-refractivity contribution in [3.05, 3.63) is 23.8 Å². The summed E-state index contributed by atoms with van der Waals surface area (Å²) < 4.78 is 11.1. The molecule has 1 aromatic rings. The average molecular weight is 253 g/mol. The minimum atomic E-state index is -0.717. The van der Waals surface area contributed by atoms with Crippen molar-refractivity contribution in [2.75, 3.05) is 20.8 Å². The normalized spacial score (nSPS) is 11.4. The summed E-state index contributed by atoms with van der Waals surface area (Å²) in [4.78, 5) is 0. The number of rotatable bonds is 7. The van der Waals surface area contributed by atoms with Crippen LogP contribution in [0.4, 0.5) is 0 Å². The van der Waals surface area contributed by atoms with Gasteiger partial charge < -0.3 is 19.9 Å². The molecule has 0 heterocycles. The van der Waals surface area contributed by atoms with Gasteiger partial charge in [0, 0.05) is 18.5 Å². The van der Waals surface area contributed by atoms with Crippen LogP contribution in [0.5, 0.6) is 11.5 Å². The van der Waals surface area contributed by atoms with Gasteiger partial charge in [-0.25, -0.2) is 0 Å². The summed E-state index contributed by atoms with van der Waals surface area (Å²) in [6, 6.07) is 5.81. The van der Waals surface area contributed by atoms with Gasteiger partial charge in [-0.15, -0.1) is 0 Å². The van der Waals surface area contributed by atoms with Crippen molar-refractivity contribution in [3.8, 4) is 11.5 Å². The van der Waals surface area contributed by atoms with Gasteiger partial charge in [0.25, 0.3) is 0 Å². The molecule has 0 bridgehead atoms. The van der Waals surface area contributed by atoms with E-state index >= 15 is 0 Å². The van der Waals surface area contributed by atoms with Crippen LogP contribution in [0.15, 0.2) is 18.2 Å². The van der Waals surface area contributed by atoms with E-state index in [0.29, 0.717) is 13.0 Å². The summed E-state index contributed by atoms with van der Waals surface area (Å²) in [5.74, 6) is 1.47. The summed E-state index contributed by atoms with van der Waals surface area (Å²) in [7, 11) is 3.52. The summed E-state index contributed by atoms with van der Waals surface area (Å²) in [6.07, 6.45) is 0.573. The molecule has 0 amide bonds. The second-order valence-electron chi connectivity index (χ2n) is 4.89. The Balaban J connectivity index is 2.77. The van der Waals surface area contributed by atoms with E-state index in [1.807, 2.05) is 25.2 Å². The monoisotopic (exact) mass is 253 g/mol. The fourth-order valence-corrected chi connectivity index (χ4v) is 1.62. The Morgan fingerprint density at radius 2 is 2.06 bits per heavy atom. The molecule has 0 saturated carbocycles. The quantitative estimate of drug-likeness (QED) is 0.780. The van der Waals surface area contributed by atoms with Crippen molar-refractivity contribution in [1.29, 1.82) is 0 Å². The molecule has 0 aliphatic carbocycles. The first-order valence-electron chi connectivity index (χ1n) is 6.13. The third kappa shape index (κ3) is 4.55. The lowest BCUT2D eigenvalue weighted by molar-refractivity contribution is 0.0547. The number of hydrogen-bond donors (Lipinski definition) is 2. The number of para-hydroxylation sites is 1. The lowest BCUT2D eigenvalue weighted by Crippen LogP contribution is -2.22. The topological polar surface area (TPSA) is 50.7 Å². The molecule has 4 heteroatoms. The van der Waals surface area contributed by atoms with Crippen molar-refractivity contribution < 1.29 is 14.6 Å². The lowest BCUT2D eigenvalue weighted by atomic mass is 10.1. The predicted octanol–water partition coefficient (Wildman–Crippen LogP) is 1.95. The van der Waals surface area contributed by atoms with Gasteiger partial charge in [-0.1, -0.05) is 12.1 Å². The van der Waals surface area contributed by atoms with E-state index in [1.54, 1.807) is 21.0 Å². The predicted molar refractivity (Wildman–Crippen MR) is 72.2 cm³/mol. The van der Waals surface area contributed by atoms with Crippen molar-refractivity contribution in [2.24, 2.45) is 0 Å². The maximum atomic E-state index is 9.67.